The number of hydrogen-bond acceptors (Lipinski definition) is 6. The fourth-order valence-corrected chi connectivity index (χ4v) is 4.08. The molecule has 1 aromatic rings. The van der Waals surface area contributed by atoms with Gasteiger partial charge in [0.25, 0.3) is 5.91 Å². The Hall–Kier alpha value is -2.45. The Morgan fingerprint density at radius 3 is 2.66 bits per heavy atom. The average Bonchev–Trinajstić information content (AvgIpc) is 3.37. The number of rotatable bonds is 7. The van der Waals surface area contributed by atoms with Gasteiger partial charge in [0.2, 0.25) is 5.91 Å². The normalized spacial score (nSPS) is 20.9. The molecule has 32 heavy (non-hydrogen) atoms. The van der Waals surface area contributed by atoms with Gasteiger partial charge in [-0.3, -0.25) is 19.4 Å². The summed E-state index contributed by atoms with van der Waals surface area (Å²) in [7, 11) is 0. The van der Waals surface area contributed by atoms with E-state index in [2.05, 4.69) is 15.5 Å². The molecule has 0 radical (unpaired) electrons. The molecule has 172 valence electrons. The minimum atomic E-state index is -0.890. The zero-order valence-corrected chi connectivity index (χ0v) is 20.1. The third-order valence-corrected chi connectivity index (χ3v) is 6.64. The summed E-state index contributed by atoms with van der Waals surface area (Å²) in [6.07, 6.45) is 3.31. The van der Waals surface area contributed by atoms with Crippen molar-refractivity contribution in [1.29, 1.82) is 0 Å². The van der Waals surface area contributed by atoms with E-state index in [1.807, 2.05) is 20.8 Å². The lowest BCUT2D eigenvalue weighted by atomic mass is 9.77. The molecule has 0 saturated carbocycles. The lowest BCUT2D eigenvalue weighted by Crippen LogP contribution is -2.52. The fourth-order valence-electron chi connectivity index (χ4n) is 3.72. The van der Waals surface area contributed by atoms with Crippen molar-refractivity contribution < 1.29 is 14.4 Å². The van der Waals surface area contributed by atoms with Crippen molar-refractivity contribution in [1.82, 2.24) is 10.3 Å². The van der Waals surface area contributed by atoms with E-state index in [9.17, 15) is 14.4 Å². The summed E-state index contributed by atoms with van der Waals surface area (Å²) in [5.74, 6) is -0.758. The monoisotopic (exact) mass is 479 g/mol. The standard InChI is InChI=1S/C22H27Cl2N5O3/c1-5-22(4,12-13(2)14(3)30)21(32)26-19-18(28-10-6-9-25-28)20(31)29(27-19)17-11-15(23)7-8-16(17)24/h7-9,11,13,18H,5-6,10,12H2,1-4H3,(H,26,27,32). The molecule has 2 aliphatic rings. The van der Waals surface area contributed by atoms with E-state index < -0.39 is 11.5 Å². The SMILES string of the molecule is CCC(C)(CC(C)C(C)=O)C(=O)NC1=NN(c2cc(Cl)ccc2Cl)C(=O)C1N1CCC=N1. The van der Waals surface area contributed by atoms with E-state index in [1.54, 1.807) is 29.4 Å². The number of anilines is 1. The molecule has 3 atom stereocenters. The van der Waals surface area contributed by atoms with Crippen LogP contribution in [0, 0.1) is 11.3 Å². The molecule has 0 aromatic heterocycles. The third kappa shape index (κ3) is 4.81. The van der Waals surface area contributed by atoms with Crippen LogP contribution in [-0.2, 0) is 14.4 Å². The number of nitrogens with one attached hydrogen (secondary N) is 1. The number of nitrogens with zero attached hydrogens (tertiary/aromatic N) is 4. The van der Waals surface area contributed by atoms with Crippen molar-refractivity contribution in [3.05, 3.63) is 28.2 Å². The number of Topliss-reactive ketones (excluding diaryl/α,β-unsaturated/α-hetero) is 1. The maximum atomic E-state index is 13.3. The van der Waals surface area contributed by atoms with E-state index in [-0.39, 0.29) is 29.4 Å². The average molecular weight is 480 g/mol. The van der Waals surface area contributed by atoms with Gasteiger partial charge in [-0.2, -0.15) is 10.1 Å². The Labute approximate surface area is 197 Å². The summed E-state index contributed by atoms with van der Waals surface area (Å²) < 4.78 is 0. The van der Waals surface area contributed by atoms with E-state index in [1.165, 1.54) is 6.92 Å². The molecule has 0 bridgehead atoms. The summed E-state index contributed by atoms with van der Waals surface area (Å²) in [5.41, 5.74) is -0.485. The summed E-state index contributed by atoms with van der Waals surface area (Å²) in [6.45, 7) is 7.56. The Morgan fingerprint density at radius 2 is 2.06 bits per heavy atom. The van der Waals surface area contributed by atoms with Crippen LogP contribution in [0.4, 0.5) is 5.69 Å². The first-order valence-electron chi connectivity index (χ1n) is 10.6. The molecule has 0 saturated heterocycles. The molecule has 8 nitrogen and oxygen atoms in total. The molecule has 2 amide bonds. The van der Waals surface area contributed by atoms with Crippen LogP contribution in [0.1, 0.15) is 47.0 Å². The zero-order chi connectivity index (χ0) is 23.6. The van der Waals surface area contributed by atoms with Gasteiger partial charge in [0.15, 0.2) is 11.9 Å². The Kier molecular flexibility index (Phi) is 7.25. The van der Waals surface area contributed by atoms with Crippen LogP contribution in [0.15, 0.2) is 28.4 Å². The quantitative estimate of drug-likeness (QED) is 0.641. The molecular weight excluding hydrogens is 453 g/mol. The highest BCUT2D eigenvalue weighted by atomic mass is 35.5. The highest BCUT2D eigenvalue weighted by Crippen LogP contribution is 2.34. The molecule has 2 aliphatic heterocycles. The molecule has 2 heterocycles. The van der Waals surface area contributed by atoms with Crippen LogP contribution in [0.5, 0.6) is 0 Å². The lowest BCUT2D eigenvalue weighted by Gasteiger charge is -2.30. The molecule has 1 aromatic carbocycles. The van der Waals surface area contributed by atoms with Crippen molar-refractivity contribution in [3.63, 3.8) is 0 Å². The van der Waals surface area contributed by atoms with Crippen LogP contribution in [0.25, 0.3) is 0 Å². The molecule has 3 rings (SSSR count). The fraction of sp³-hybridized carbons (Fsp3) is 0.500. The van der Waals surface area contributed by atoms with Crippen molar-refractivity contribution in [2.24, 2.45) is 21.5 Å². The van der Waals surface area contributed by atoms with Crippen LogP contribution in [0.2, 0.25) is 10.0 Å². The predicted octanol–water partition coefficient (Wildman–Crippen LogP) is 3.86. The molecule has 10 heteroatoms. The van der Waals surface area contributed by atoms with Crippen LogP contribution in [0.3, 0.4) is 0 Å². The van der Waals surface area contributed by atoms with Gasteiger partial charge in [0.1, 0.15) is 5.78 Å². The minimum Gasteiger partial charge on any atom is -0.310 e. The number of ketones is 1. The maximum Gasteiger partial charge on any atom is 0.279 e. The Bertz CT molecular complexity index is 996. The number of hydrazone groups is 2. The Balaban J connectivity index is 1.94. The first kappa shape index (κ1) is 24.2. The van der Waals surface area contributed by atoms with Crippen molar-refractivity contribution in [2.45, 2.75) is 53.0 Å². The predicted molar refractivity (Wildman–Crippen MR) is 126 cm³/mol. The number of halogens is 2. The number of carbonyl (C=O) groups is 3. The van der Waals surface area contributed by atoms with E-state index in [0.29, 0.717) is 41.5 Å². The van der Waals surface area contributed by atoms with E-state index in [0.717, 1.165) is 5.01 Å². The second-order valence-corrected chi connectivity index (χ2v) is 9.31. The number of hydrogen-bond donors (Lipinski definition) is 1. The number of carbonyl (C=O) groups excluding carboxylic acids is 3. The van der Waals surface area contributed by atoms with Gasteiger partial charge < -0.3 is 5.32 Å². The topological polar surface area (TPSA) is 94.4 Å². The van der Waals surface area contributed by atoms with Crippen molar-refractivity contribution >= 4 is 58.5 Å². The van der Waals surface area contributed by atoms with Gasteiger partial charge in [0.05, 0.1) is 10.7 Å². The molecule has 0 fully saturated rings. The Morgan fingerprint density at radius 1 is 1.34 bits per heavy atom. The molecule has 3 unspecified atom stereocenters. The third-order valence-electron chi connectivity index (χ3n) is 6.08. The molecule has 0 aliphatic carbocycles. The summed E-state index contributed by atoms with van der Waals surface area (Å²) in [4.78, 5) is 38.4. The van der Waals surface area contributed by atoms with Gasteiger partial charge in [-0.25, -0.2) is 0 Å². The minimum absolute atomic E-state index is 0.0249. The highest BCUT2D eigenvalue weighted by molar-refractivity contribution is 6.36. The number of benzene rings is 1. The van der Waals surface area contributed by atoms with Crippen LogP contribution < -0.4 is 10.3 Å². The van der Waals surface area contributed by atoms with Gasteiger partial charge in [-0.15, -0.1) is 5.10 Å². The van der Waals surface area contributed by atoms with Crippen LogP contribution in [-0.4, -0.2) is 47.2 Å². The summed E-state index contributed by atoms with van der Waals surface area (Å²) in [6, 6.07) is 3.86. The van der Waals surface area contributed by atoms with Gasteiger partial charge in [-0.05, 0) is 38.0 Å². The summed E-state index contributed by atoms with van der Waals surface area (Å²) in [5, 5.41) is 15.0. The van der Waals surface area contributed by atoms with Gasteiger partial charge in [0, 0.05) is 35.5 Å². The first-order chi connectivity index (χ1) is 15.1. The van der Waals surface area contributed by atoms with E-state index >= 15 is 0 Å². The largest absolute Gasteiger partial charge is 0.310 e. The zero-order valence-electron chi connectivity index (χ0n) is 18.6. The van der Waals surface area contributed by atoms with Crippen molar-refractivity contribution in [2.75, 3.05) is 11.6 Å². The first-order valence-corrected chi connectivity index (χ1v) is 11.3. The second-order valence-electron chi connectivity index (χ2n) is 8.47. The maximum absolute atomic E-state index is 13.3. The highest BCUT2D eigenvalue weighted by Gasteiger charge is 2.45. The van der Waals surface area contributed by atoms with Gasteiger partial charge in [-0.1, -0.05) is 44.0 Å². The number of amidine groups is 1. The molecular formula is C22H27Cl2N5O3. The molecule has 0 spiro atoms. The van der Waals surface area contributed by atoms with Gasteiger partial charge >= 0.3 is 0 Å². The van der Waals surface area contributed by atoms with Crippen LogP contribution >= 0.6 is 23.2 Å². The molecule has 1 N–H and O–H groups in total. The second kappa shape index (κ2) is 9.58. The number of amides is 2. The smallest absolute Gasteiger partial charge is 0.279 e. The summed E-state index contributed by atoms with van der Waals surface area (Å²) >= 11 is 12.4. The lowest BCUT2D eigenvalue weighted by molar-refractivity contribution is -0.131. The van der Waals surface area contributed by atoms with Crippen molar-refractivity contribution in [3.8, 4) is 0 Å². The van der Waals surface area contributed by atoms with E-state index in [4.69, 9.17) is 23.2 Å².